The Morgan fingerprint density at radius 1 is 0.556 bits per heavy atom. The van der Waals surface area contributed by atoms with Crippen LogP contribution in [0, 0.1) is 11.8 Å². The predicted molar refractivity (Wildman–Crippen MR) is 354 cm³/mol. The topological polar surface area (TPSA) is 469 Å². The molecule has 0 aliphatic carbocycles. The van der Waals surface area contributed by atoms with Crippen LogP contribution in [-0.2, 0) is 75.2 Å². The van der Waals surface area contributed by atoms with Gasteiger partial charge >= 0.3 is 5.97 Å². The minimum Gasteiger partial charge on any atom is -0.508 e. The Bertz CT molecular complexity index is 2740. The van der Waals surface area contributed by atoms with Crippen LogP contribution in [0.1, 0.15) is 90.2 Å². The number of amides is 9. The van der Waals surface area contributed by atoms with Gasteiger partial charge in [0.2, 0.25) is 64.7 Å². The number of nitrogens with two attached hydrogens (primary N) is 3. The number of hydrogen-bond donors (Lipinski definition) is 16. The number of aliphatic carboxylic acids is 1. The van der Waals surface area contributed by atoms with Gasteiger partial charge in [0.15, 0.2) is 0 Å². The molecule has 2 aromatic carbocycles. The summed E-state index contributed by atoms with van der Waals surface area (Å²) in [7, 11) is 7.69. The van der Waals surface area contributed by atoms with Gasteiger partial charge in [-0.25, -0.2) is 10.9 Å². The van der Waals surface area contributed by atoms with Crippen LogP contribution >= 0.6 is 79.5 Å². The monoisotopic (exact) mass is 1390 g/mol. The second-order valence-electron chi connectivity index (χ2n) is 21.1. The largest absolute Gasteiger partial charge is 0.508 e. The van der Waals surface area contributed by atoms with E-state index in [-0.39, 0.29) is 54.8 Å². The lowest BCUT2D eigenvalue weighted by Gasteiger charge is -2.29. The van der Waals surface area contributed by atoms with Gasteiger partial charge in [-0.15, -0.1) is 0 Å². The van der Waals surface area contributed by atoms with E-state index in [1.165, 1.54) is 60.3 Å². The molecule has 18 N–H and O–H groups in total. The van der Waals surface area contributed by atoms with Crippen LogP contribution < -0.4 is 64.7 Å². The van der Waals surface area contributed by atoms with Gasteiger partial charge in [0.1, 0.15) is 58.0 Å². The zero-order valence-corrected chi connectivity index (χ0v) is 56.2. The lowest BCUT2D eigenvalue weighted by molar-refractivity contribution is -0.140. The number of nitrogens with one attached hydrogen (secondary N) is 9. The zero-order valence-electron chi connectivity index (χ0n) is 50.4. The molecule has 0 bridgehead atoms. The molecule has 0 saturated carbocycles. The Balaban J connectivity index is 0.00000432. The van der Waals surface area contributed by atoms with E-state index in [1.807, 2.05) is 49.4 Å². The molecule has 9 amide bonds. The molecule has 9 atom stereocenters. The highest BCUT2D eigenvalue weighted by atomic mass is 33.2. The van der Waals surface area contributed by atoms with Gasteiger partial charge in [0.25, 0.3) is 0 Å². The quantitative estimate of drug-likeness (QED) is 0.00493. The van der Waals surface area contributed by atoms with Gasteiger partial charge in [-0.3, -0.25) is 62.3 Å². The molecule has 4 unspecified atom stereocenters. The molecule has 2 aromatic rings. The highest BCUT2D eigenvalue weighted by Crippen LogP contribution is 2.62. The standard InChI is InChI=1S/C53H78N12O16S3.C2H4S4/c1-27(2)18-37(61-48(76)34(14-16-42(54)69)59-53(81)40(21-30-8-12-33(68)13-9-30)64-63-39(19-28(3)4)52(80)57-31(24-66)22-43(55)70)50(78)58-35(15-17-45(72)73)49(77)62-38(23-44(56)71)51(79)60-36(20-29-6-10-32(67)11-7-29)46(74)47(75)41(25-82)65-84-26-83-5;1-3-4-2-5-6-2/h6-13,24,27-28,31,34-41,63-65,67-68,82H,14-23,25-26H2,1-5H3,(H2,54,69)(H2,55,70)(H2,56,71)(H,57,80)(H,58,78)(H,59,81)(H,60,79)(H,61,76)(H,62,77)(H,72,73);2H,1H3/t31-,34-,35-,36-,37?,38?,39?,40?,41+;/m0./s1. The number of thioether (sulfide) groups is 1. The van der Waals surface area contributed by atoms with E-state index < -0.39 is 164 Å². The van der Waals surface area contributed by atoms with Crippen LogP contribution in [0.15, 0.2) is 48.5 Å². The number of carbonyl (C=O) groups excluding carboxylic acids is 12. The molecule has 500 valence electrons. The summed E-state index contributed by atoms with van der Waals surface area (Å²) >= 11 is 6.78. The van der Waals surface area contributed by atoms with E-state index in [0.717, 1.165) is 15.9 Å². The molecule has 0 radical (unpaired) electrons. The number of carboxylic acids is 1. The summed E-state index contributed by atoms with van der Waals surface area (Å²) in [6.07, 6.45) is 0.0732. The molecule has 0 spiro atoms. The molecule has 1 aliphatic rings. The maximum Gasteiger partial charge on any atom is 0.303 e. The first-order valence-electron chi connectivity index (χ1n) is 28.0. The summed E-state index contributed by atoms with van der Waals surface area (Å²) in [5, 5.41) is 44.6. The summed E-state index contributed by atoms with van der Waals surface area (Å²) < 4.78 is 3.72. The molecular weight excluding hydrogens is 1310 g/mol. The van der Waals surface area contributed by atoms with Crippen LogP contribution in [-0.4, -0.2) is 174 Å². The van der Waals surface area contributed by atoms with Crippen molar-refractivity contribution in [3.8, 4) is 11.5 Å². The number of benzene rings is 2. The Morgan fingerprint density at radius 3 is 1.42 bits per heavy atom. The smallest absolute Gasteiger partial charge is 0.303 e. The highest BCUT2D eigenvalue weighted by Gasteiger charge is 2.37. The fourth-order valence-corrected chi connectivity index (χ4v) is 14.8. The Kier molecular flexibility index (Phi) is 38.3. The van der Waals surface area contributed by atoms with Crippen molar-refractivity contribution >= 4 is 157 Å². The number of thiol groups is 1. The average Bonchev–Trinajstić information content (AvgIpc) is 2.15. The number of hydrazine groups is 1. The lowest BCUT2D eigenvalue weighted by atomic mass is 9.96. The van der Waals surface area contributed by atoms with Crippen molar-refractivity contribution in [3.63, 3.8) is 0 Å². The van der Waals surface area contributed by atoms with Crippen LogP contribution in [0.5, 0.6) is 11.5 Å². The number of primary amides is 3. The van der Waals surface area contributed by atoms with Crippen molar-refractivity contribution in [2.45, 2.75) is 150 Å². The van der Waals surface area contributed by atoms with Crippen LogP contribution in [0.4, 0.5) is 0 Å². The Labute approximate surface area is 551 Å². The highest BCUT2D eigenvalue weighted by molar-refractivity contribution is 9.02. The first kappa shape index (κ1) is 80.2. The van der Waals surface area contributed by atoms with Gasteiger partial charge in [-0.05, 0) is 91.8 Å². The fraction of sp³-hybridized carbons (Fsp3) is 0.545. The second kappa shape index (κ2) is 43.0. The molecule has 90 heavy (non-hydrogen) atoms. The fourth-order valence-electron chi connectivity index (χ4n) is 8.10. The third kappa shape index (κ3) is 32.9. The number of aldehydes is 1. The van der Waals surface area contributed by atoms with E-state index in [4.69, 9.17) is 17.2 Å². The minimum atomic E-state index is -1.90. The minimum absolute atomic E-state index is 0.100. The van der Waals surface area contributed by atoms with Crippen molar-refractivity contribution in [2.24, 2.45) is 29.0 Å². The SMILES string of the molecule is CSCSN[C@H](CS)C(=O)C(=O)[C@H](Cc1ccc(O)cc1)NC(=O)C(CC(N)=O)NC(=O)[C@H](CCC(=O)O)NC(=O)C(CC(C)C)NC(=O)[C@H](CCC(N)=O)NC(=O)C(Cc1ccc(O)cc1)NNC(CC(C)C)C(=O)N[C@H](C=O)CC(N)=O.CSSC1SS1. The van der Waals surface area contributed by atoms with Crippen molar-refractivity contribution in [3.05, 3.63) is 59.7 Å². The third-order valence-corrected chi connectivity index (χ3v) is 20.4. The molecule has 1 aliphatic heterocycles. The summed E-state index contributed by atoms with van der Waals surface area (Å²) in [5.74, 6) is -13.4. The van der Waals surface area contributed by atoms with Gasteiger partial charge in [-0.1, -0.05) is 107 Å². The van der Waals surface area contributed by atoms with E-state index in [9.17, 15) is 77.6 Å². The van der Waals surface area contributed by atoms with Gasteiger partial charge in [0.05, 0.1) is 36.1 Å². The molecule has 1 fully saturated rings. The summed E-state index contributed by atoms with van der Waals surface area (Å²) in [6, 6.07) is -2.25. The molecule has 0 aromatic heterocycles. The number of carbonyl (C=O) groups is 13. The summed E-state index contributed by atoms with van der Waals surface area (Å²) in [6.45, 7) is 6.91. The Hall–Kier alpha value is -5.92. The predicted octanol–water partition coefficient (Wildman–Crippen LogP) is 0.466. The normalized spacial score (nSPS) is 14.9. The third-order valence-electron chi connectivity index (χ3n) is 12.5. The van der Waals surface area contributed by atoms with Gasteiger partial charge < -0.3 is 69.2 Å². The average molecular weight is 1390 g/mol. The Morgan fingerprint density at radius 2 is 0.978 bits per heavy atom. The summed E-state index contributed by atoms with van der Waals surface area (Å²) in [4.78, 5) is 172. The summed E-state index contributed by atoms with van der Waals surface area (Å²) in [5.41, 5.74) is 22.6. The molecule has 1 heterocycles. The van der Waals surface area contributed by atoms with Crippen molar-refractivity contribution in [2.75, 3.05) is 23.3 Å². The number of Topliss-reactive ketones (excluding diaryl/α,β-unsaturated/α-hetero) is 2. The number of aromatic hydroxyl groups is 2. The van der Waals surface area contributed by atoms with E-state index >= 15 is 0 Å². The lowest BCUT2D eigenvalue weighted by Crippen LogP contribution is -2.61. The number of phenols is 2. The van der Waals surface area contributed by atoms with Gasteiger partial charge in [-0.2, -0.15) is 24.4 Å². The molecule has 3 rings (SSSR count). The number of hydrogen-bond acceptors (Lipinski definition) is 25. The second-order valence-corrected chi connectivity index (χ2v) is 29.5. The molecule has 35 heteroatoms. The van der Waals surface area contributed by atoms with E-state index in [1.54, 1.807) is 27.7 Å². The van der Waals surface area contributed by atoms with E-state index in [2.05, 4.69) is 66.4 Å². The van der Waals surface area contributed by atoms with Crippen LogP contribution in [0.3, 0.4) is 0 Å². The maximum atomic E-state index is 14.3. The van der Waals surface area contributed by atoms with E-state index in [0.29, 0.717) is 22.5 Å². The molecule has 1 saturated heterocycles. The van der Waals surface area contributed by atoms with Crippen molar-refractivity contribution in [1.82, 2.24) is 47.5 Å². The van der Waals surface area contributed by atoms with Crippen LogP contribution in [0.25, 0.3) is 0 Å². The molecular formula is C55H82N12O16S7. The zero-order chi connectivity index (χ0) is 67.6. The number of rotatable bonds is 44. The number of ketones is 2. The molecule has 28 nitrogen and oxygen atoms in total. The van der Waals surface area contributed by atoms with Crippen molar-refractivity contribution < 1.29 is 77.6 Å². The van der Waals surface area contributed by atoms with Crippen LogP contribution in [0.2, 0.25) is 0 Å². The first-order chi connectivity index (χ1) is 42.5. The van der Waals surface area contributed by atoms with Crippen molar-refractivity contribution in [1.29, 1.82) is 0 Å². The maximum absolute atomic E-state index is 14.3. The number of phenolic OH excluding ortho intramolecular Hbond substituents is 2. The first-order valence-corrected chi connectivity index (χ1v) is 35.9. The number of carboxylic acid groups (broad SMARTS) is 1. The van der Waals surface area contributed by atoms with Gasteiger partial charge in [0, 0.05) is 25.0 Å².